The summed E-state index contributed by atoms with van der Waals surface area (Å²) in [6.07, 6.45) is -0.342. The van der Waals surface area contributed by atoms with Gasteiger partial charge in [-0.15, -0.1) is 0 Å². The largest absolute Gasteiger partial charge is 0.443 e. The van der Waals surface area contributed by atoms with Crippen LogP contribution in [-0.4, -0.2) is 86.3 Å². The second kappa shape index (κ2) is 10.3. The average molecular weight is 515 g/mol. The van der Waals surface area contributed by atoms with Gasteiger partial charge < -0.3 is 25.0 Å². The van der Waals surface area contributed by atoms with Crippen LogP contribution in [0.4, 0.5) is 20.8 Å². The van der Waals surface area contributed by atoms with Crippen LogP contribution in [0.25, 0.3) is 5.52 Å². The number of nitrogens with one attached hydrogen (secondary N) is 3. The van der Waals surface area contributed by atoms with E-state index in [0.29, 0.717) is 61.3 Å². The lowest BCUT2D eigenvalue weighted by Gasteiger charge is -2.25. The number of alkyl halides is 1. The van der Waals surface area contributed by atoms with Crippen LogP contribution in [0.3, 0.4) is 0 Å². The number of hydrogen-bond acceptors (Lipinski definition) is 8. The molecule has 3 aromatic heterocycles. The molecule has 198 valence electrons. The molecule has 0 aromatic carbocycles. The van der Waals surface area contributed by atoms with Crippen molar-refractivity contribution in [1.82, 2.24) is 35.0 Å². The van der Waals surface area contributed by atoms with Crippen LogP contribution in [0.1, 0.15) is 54.5 Å². The molecule has 37 heavy (non-hydrogen) atoms. The molecule has 1 aliphatic heterocycles. The highest BCUT2D eigenvalue weighted by Crippen LogP contribution is 2.38. The lowest BCUT2D eigenvalue weighted by molar-refractivity contribution is 0.0299. The molecule has 3 aromatic rings. The first-order valence-electron chi connectivity index (χ1n) is 12.4. The van der Waals surface area contributed by atoms with Crippen LogP contribution >= 0.6 is 0 Å². The minimum absolute atomic E-state index is 0.0879. The van der Waals surface area contributed by atoms with Gasteiger partial charge in [-0.1, -0.05) is 0 Å². The number of rotatable bonds is 6. The summed E-state index contributed by atoms with van der Waals surface area (Å²) in [5, 5.41) is 17.6. The fourth-order valence-corrected chi connectivity index (χ4v) is 4.70. The maximum absolute atomic E-state index is 14.6. The number of ether oxygens (including phenoxy) is 2. The van der Waals surface area contributed by atoms with E-state index in [0.717, 1.165) is 5.69 Å². The van der Waals surface area contributed by atoms with Crippen LogP contribution < -0.4 is 10.6 Å². The lowest BCUT2D eigenvalue weighted by atomic mass is 10.0. The van der Waals surface area contributed by atoms with E-state index in [9.17, 15) is 14.0 Å². The first kappa shape index (κ1) is 24.9. The van der Waals surface area contributed by atoms with Crippen molar-refractivity contribution in [2.45, 2.75) is 57.8 Å². The molecule has 4 heterocycles. The highest BCUT2D eigenvalue weighted by molar-refractivity contribution is 5.94. The summed E-state index contributed by atoms with van der Waals surface area (Å²) >= 11 is 0. The standard InChI is InChI=1S/C24H31FN8O4/c1-13(2)26-24(35)37-20-9-15(8-16(20)25)17-11-21(30-29-17)28-22-19-10-18(31-33(19)12-14(3)27-22)23(34)32-4-6-36-7-5-32/h10-13,15-16,20H,4-9H2,1-3H3,(H,26,35)(H2,27,28,29,30)/t15-,16+,20-/m0/s1. The molecule has 0 radical (unpaired) electrons. The minimum Gasteiger partial charge on any atom is -0.443 e. The molecule has 1 aliphatic carbocycles. The number of fused-ring (bicyclic) bond motifs is 1. The molecular weight excluding hydrogens is 483 g/mol. The molecule has 2 amide bonds. The van der Waals surface area contributed by atoms with E-state index in [1.807, 2.05) is 20.8 Å². The molecule has 2 fully saturated rings. The maximum Gasteiger partial charge on any atom is 0.407 e. The second-order valence-corrected chi connectivity index (χ2v) is 9.76. The number of halogens is 1. The number of anilines is 2. The summed E-state index contributed by atoms with van der Waals surface area (Å²) in [6, 6.07) is 3.41. The van der Waals surface area contributed by atoms with E-state index in [2.05, 4.69) is 30.9 Å². The number of H-pyrrole nitrogens is 1. The SMILES string of the molecule is Cc1cn2nc(C(=O)N3CCOCC3)cc2c(Nc2cc([C@H]3C[C@@H](F)[C@@H](OC(=O)NC(C)C)C3)[nH]n2)n1. The number of alkyl carbamates (subject to hydrolysis) is 1. The minimum atomic E-state index is -1.25. The van der Waals surface area contributed by atoms with E-state index in [4.69, 9.17) is 9.47 Å². The van der Waals surface area contributed by atoms with Crippen LogP contribution in [0, 0.1) is 6.92 Å². The molecule has 2 aliphatic rings. The molecule has 1 saturated heterocycles. The fraction of sp³-hybridized carbons (Fsp3) is 0.542. The zero-order valence-electron chi connectivity index (χ0n) is 21.0. The Hall–Kier alpha value is -3.74. The van der Waals surface area contributed by atoms with Crippen LogP contribution in [0.5, 0.6) is 0 Å². The summed E-state index contributed by atoms with van der Waals surface area (Å²) in [6.45, 7) is 7.54. The number of aromatic nitrogens is 5. The van der Waals surface area contributed by atoms with Crippen molar-refractivity contribution in [2.75, 3.05) is 31.6 Å². The first-order valence-corrected chi connectivity index (χ1v) is 12.4. The predicted molar refractivity (Wildman–Crippen MR) is 132 cm³/mol. The third kappa shape index (κ3) is 5.50. The Morgan fingerprint density at radius 2 is 2.03 bits per heavy atom. The summed E-state index contributed by atoms with van der Waals surface area (Å²) in [5.74, 6) is 0.661. The first-order chi connectivity index (χ1) is 17.8. The van der Waals surface area contributed by atoms with Crippen molar-refractivity contribution in [1.29, 1.82) is 0 Å². The molecule has 0 spiro atoms. The number of carbonyl (C=O) groups is 2. The van der Waals surface area contributed by atoms with Gasteiger partial charge in [0.05, 0.1) is 25.1 Å². The monoisotopic (exact) mass is 514 g/mol. The Kier molecular flexibility index (Phi) is 6.96. The molecule has 3 atom stereocenters. The Labute approximate surface area is 212 Å². The maximum atomic E-state index is 14.6. The van der Waals surface area contributed by atoms with E-state index in [-0.39, 0.29) is 24.3 Å². The number of aromatic amines is 1. The van der Waals surface area contributed by atoms with Crippen molar-refractivity contribution in [3.05, 3.63) is 35.4 Å². The van der Waals surface area contributed by atoms with Gasteiger partial charge in [0, 0.05) is 42.9 Å². The lowest BCUT2D eigenvalue weighted by Crippen LogP contribution is -2.40. The number of aryl methyl sites for hydroxylation is 1. The van der Waals surface area contributed by atoms with Gasteiger partial charge in [-0.2, -0.15) is 10.2 Å². The summed E-state index contributed by atoms with van der Waals surface area (Å²) in [4.78, 5) is 31.1. The zero-order valence-corrected chi connectivity index (χ0v) is 21.0. The predicted octanol–water partition coefficient (Wildman–Crippen LogP) is 2.70. The third-order valence-electron chi connectivity index (χ3n) is 6.47. The van der Waals surface area contributed by atoms with Crippen LogP contribution in [-0.2, 0) is 9.47 Å². The number of carbonyl (C=O) groups excluding carboxylic acids is 2. The number of morpholine rings is 1. The molecule has 13 heteroatoms. The van der Waals surface area contributed by atoms with Crippen molar-refractivity contribution < 1.29 is 23.5 Å². The van der Waals surface area contributed by atoms with Crippen molar-refractivity contribution >= 4 is 29.2 Å². The van der Waals surface area contributed by atoms with Crippen molar-refractivity contribution in [2.24, 2.45) is 0 Å². The van der Waals surface area contributed by atoms with Gasteiger partial charge in [0.15, 0.2) is 17.3 Å². The normalized spacial score (nSPS) is 22.0. The Balaban J connectivity index is 1.30. The Morgan fingerprint density at radius 1 is 1.24 bits per heavy atom. The number of nitrogens with zero attached hydrogens (tertiary/aromatic N) is 5. The molecule has 1 saturated carbocycles. The van der Waals surface area contributed by atoms with Gasteiger partial charge in [-0.3, -0.25) is 9.89 Å². The quantitative estimate of drug-likeness (QED) is 0.456. The van der Waals surface area contributed by atoms with Gasteiger partial charge in [-0.05, 0) is 33.6 Å². The summed E-state index contributed by atoms with van der Waals surface area (Å²) in [7, 11) is 0. The highest BCUT2D eigenvalue weighted by atomic mass is 19.1. The molecular formula is C24H31FN8O4. The van der Waals surface area contributed by atoms with E-state index < -0.39 is 18.4 Å². The molecule has 12 nitrogen and oxygen atoms in total. The molecule has 0 bridgehead atoms. The highest BCUT2D eigenvalue weighted by Gasteiger charge is 2.39. The molecule has 3 N–H and O–H groups in total. The number of amides is 2. The van der Waals surface area contributed by atoms with E-state index >= 15 is 0 Å². The van der Waals surface area contributed by atoms with E-state index in [1.165, 1.54) is 0 Å². The zero-order chi connectivity index (χ0) is 26.1. The fourth-order valence-electron chi connectivity index (χ4n) is 4.70. The number of hydrogen-bond donors (Lipinski definition) is 3. The smallest absolute Gasteiger partial charge is 0.407 e. The van der Waals surface area contributed by atoms with Crippen LogP contribution in [0.2, 0.25) is 0 Å². The van der Waals surface area contributed by atoms with Crippen molar-refractivity contribution in [3.63, 3.8) is 0 Å². The Bertz CT molecular complexity index is 1290. The van der Waals surface area contributed by atoms with Gasteiger partial charge in [0.2, 0.25) is 0 Å². The second-order valence-electron chi connectivity index (χ2n) is 9.76. The Morgan fingerprint density at radius 3 is 2.78 bits per heavy atom. The average Bonchev–Trinajstić information content (AvgIpc) is 3.58. The topological polar surface area (TPSA) is 139 Å². The van der Waals surface area contributed by atoms with E-state index in [1.54, 1.807) is 27.7 Å². The van der Waals surface area contributed by atoms with Crippen molar-refractivity contribution in [3.8, 4) is 0 Å². The third-order valence-corrected chi connectivity index (χ3v) is 6.47. The molecule has 5 rings (SSSR count). The van der Waals surface area contributed by atoms with Gasteiger partial charge in [-0.25, -0.2) is 18.7 Å². The summed E-state index contributed by atoms with van der Waals surface area (Å²) < 4.78 is 26.8. The molecule has 0 unspecified atom stereocenters. The van der Waals surface area contributed by atoms with Gasteiger partial charge >= 0.3 is 6.09 Å². The van der Waals surface area contributed by atoms with Gasteiger partial charge in [0.25, 0.3) is 5.91 Å². The summed E-state index contributed by atoms with van der Waals surface area (Å²) in [5.41, 5.74) is 2.39. The van der Waals surface area contributed by atoms with Gasteiger partial charge in [0.1, 0.15) is 17.8 Å². The van der Waals surface area contributed by atoms with Crippen LogP contribution in [0.15, 0.2) is 18.3 Å².